The third-order valence-corrected chi connectivity index (χ3v) is 3.53. The van der Waals surface area contributed by atoms with Crippen LogP contribution < -0.4 is 5.32 Å². The van der Waals surface area contributed by atoms with Crippen molar-refractivity contribution in [3.8, 4) is 0 Å². The highest BCUT2D eigenvalue weighted by Gasteiger charge is 2.06. The summed E-state index contributed by atoms with van der Waals surface area (Å²) in [5.41, 5.74) is 3.98. The summed E-state index contributed by atoms with van der Waals surface area (Å²) in [5, 5.41) is 3.53. The summed E-state index contributed by atoms with van der Waals surface area (Å²) in [5.74, 6) is 0. The molecule has 2 rings (SSSR count). The topological polar surface area (TPSA) is 33.1 Å². The summed E-state index contributed by atoms with van der Waals surface area (Å²) < 4.78 is 2.21. The summed E-state index contributed by atoms with van der Waals surface area (Å²) in [6, 6.07) is 9.07. The van der Waals surface area contributed by atoms with E-state index in [1.807, 2.05) is 12.5 Å². The van der Waals surface area contributed by atoms with Crippen LogP contribution in [0.3, 0.4) is 0 Å². The number of aromatic nitrogens is 2. The molecule has 1 aromatic heterocycles. The second-order valence-electron chi connectivity index (χ2n) is 6.00. The van der Waals surface area contributed by atoms with E-state index in [0.29, 0.717) is 6.04 Å². The van der Waals surface area contributed by atoms with Crippen LogP contribution in [0, 0.1) is 0 Å². The molecule has 1 heterocycles. The number of hydrogen-bond acceptors (Lipinski definition) is 3. The van der Waals surface area contributed by atoms with E-state index < -0.39 is 0 Å². The maximum Gasteiger partial charge on any atom is 0.0951 e. The smallest absolute Gasteiger partial charge is 0.0951 e. The highest BCUT2D eigenvalue weighted by molar-refractivity contribution is 5.27. The van der Waals surface area contributed by atoms with Gasteiger partial charge in [0.05, 0.1) is 12.0 Å². The lowest BCUT2D eigenvalue weighted by atomic mass is 10.1. The number of rotatable bonds is 7. The number of nitrogens with zero attached hydrogens (tertiary/aromatic N) is 3. The summed E-state index contributed by atoms with van der Waals surface area (Å²) >= 11 is 0. The molecule has 2 aromatic rings. The molecule has 0 bridgehead atoms. The molecule has 1 aromatic carbocycles. The Morgan fingerprint density at radius 3 is 2.52 bits per heavy atom. The van der Waals surface area contributed by atoms with E-state index in [-0.39, 0.29) is 0 Å². The van der Waals surface area contributed by atoms with Crippen LogP contribution in [0.1, 0.15) is 36.7 Å². The van der Waals surface area contributed by atoms with Gasteiger partial charge in [0.15, 0.2) is 0 Å². The Morgan fingerprint density at radius 2 is 1.86 bits per heavy atom. The largest absolute Gasteiger partial charge is 0.331 e. The van der Waals surface area contributed by atoms with E-state index in [0.717, 1.165) is 19.6 Å². The first-order valence-corrected chi connectivity index (χ1v) is 7.51. The van der Waals surface area contributed by atoms with E-state index in [1.54, 1.807) is 0 Å². The molecule has 0 amide bonds. The second-order valence-corrected chi connectivity index (χ2v) is 6.00. The van der Waals surface area contributed by atoms with Gasteiger partial charge in [-0.3, -0.25) is 0 Å². The Bertz CT molecular complexity index is 557. The third kappa shape index (κ3) is 4.41. The van der Waals surface area contributed by atoms with Crippen molar-refractivity contribution < 1.29 is 0 Å². The molecular weight excluding hydrogens is 260 g/mol. The molecule has 4 nitrogen and oxygen atoms in total. The molecule has 21 heavy (non-hydrogen) atoms. The van der Waals surface area contributed by atoms with E-state index in [1.165, 1.54) is 16.8 Å². The Kier molecular flexibility index (Phi) is 5.53. The molecule has 0 aliphatic heterocycles. The average Bonchev–Trinajstić information content (AvgIpc) is 2.88. The highest BCUT2D eigenvalue weighted by atomic mass is 15.1. The van der Waals surface area contributed by atoms with Crippen LogP contribution in [0.2, 0.25) is 0 Å². The van der Waals surface area contributed by atoms with Gasteiger partial charge in [-0.2, -0.15) is 0 Å². The van der Waals surface area contributed by atoms with Crippen LogP contribution in [0.4, 0.5) is 0 Å². The number of benzene rings is 1. The number of hydrogen-bond donors (Lipinski definition) is 1. The molecule has 0 radical (unpaired) electrons. The van der Waals surface area contributed by atoms with Crippen molar-refractivity contribution in [1.29, 1.82) is 0 Å². The van der Waals surface area contributed by atoms with Gasteiger partial charge in [0.2, 0.25) is 0 Å². The van der Waals surface area contributed by atoms with Gasteiger partial charge in [-0.05, 0) is 39.1 Å². The maximum atomic E-state index is 4.24. The van der Waals surface area contributed by atoms with E-state index >= 15 is 0 Å². The van der Waals surface area contributed by atoms with Crippen molar-refractivity contribution >= 4 is 0 Å². The zero-order valence-electron chi connectivity index (χ0n) is 13.5. The SMILES string of the molecule is CC(C)n1cncc1CNCc1ccccc1CN(C)C. The van der Waals surface area contributed by atoms with Gasteiger partial charge in [0, 0.05) is 31.9 Å². The Labute approximate surface area is 127 Å². The summed E-state index contributed by atoms with van der Waals surface area (Å²) in [4.78, 5) is 6.44. The minimum Gasteiger partial charge on any atom is -0.331 e. The Hall–Kier alpha value is -1.65. The van der Waals surface area contributed by atoms with Crippen LogP contribution in [0.5, 0.6) is 0 Å². The average molecular weight is 286 g/mol. The fraction of sp³-hybridized carbons (Fsp3) is 0.471. The third-order valence-electron chi connectivity index (χ3n) is 3.53. The minimum absolute atomic E-state index is 0.449. The Balaban J connectivity index is 1.96. The summed E-state index contributed by atoms with van der Waals surface area (Å²) in [6.45, 7) is 7.05. The molecule has 0 saturated heterocycles. The predicted molar refractivity (Wildman–Crippen MR) is 87.0 cm³/mol. The monoisotopic (exact) mass is 286 g/mol. The first-order chi connectivity index (χ1) is 10.1. The fourth-order valence-electron chi connectivity index (χ4n) is 2.48. The standard InChI is InChI=1S/C17H26N4/c1-14(2)21-13-19-11-17(21)10-18-9-15-7-5-6-8-16(15)12-20(3)4/h5-8,11,13-14,18H,9-10,12H2,1-4H3. The summed E-state index contributed by atoms with van der Waals surface area (Å²) in [6.07, 6.45) is 3.85. The van der Waals surface area contributed by atoms with Crippen LogP contribution in [-0.4, -0.2) is 28.5 Å². The van der Waals surface area contributed by atoms with Gasteiger partial charge in [0.1, 0.15) is 0 Å². The minimum atomic E-state index is 0.449. The molecule has 0 aliphatic carbocycles. The van der Waals surface area contributed by atoms with Gasteiger partial charge >= 0.3 is 0 Å². The van der Waals surface area contributed by atoms with Crippen molar-refractivity contribution in [2.75, 3.05) is 14.1 Å². The molecular formula is C17H26N4. The molecule has 0 fully saturated rings. The molecule has 0 atom stereocenters. The molecule has 0 aliphatic rings. The molecule has 0 saturated carbocycles. The van der Waals surface area contributed by atoms with E-state index in [4.69, 9.17) is 0 Å². The molecule has 4 heteroatoms. The second kappa shape index (κ2) is 7.38. The van der Waals surface area contributed by atoms with Crippen LogP contribution in [0.15, 0.2) is 36.8 Å². The van der Waals surface area contributed by atoms with E-state index in [9.17, 15) is 0 Å². The number of imidazole rings is 1. The van der Waals surface area contributed by atoms with Crippen LogP contribution in [-0.2, 0) is 19.6 Å². The normalized spacial score (nSPS) is 11.5. The van der Waals surface area contributed by atoms with Gasteiger partial charge in [-0.1, -0.05) is 24.3 Å². The van der Waals surface area contributed by atoms with Crippen molar-refractivity contribution in [3.05, 3.63) is 53.6 Å². The van der Waals surface area contributed by atoms with Crippen LogP contribution in [0.25, 0.3) is 0 Å². The molecule has 0 unspecified atom stereocenters. The quantitative estimate of drug-likeness (QED) is 0.849. The lowest BCUT2D eigenvalue weighted by Gasteiger charge is -2.15. The summed E-state index contributed by atoms with van der Waals surface area (Å²) in [7, 11) is 4.21. The zero-order chi connectivity index (χ0) is 15.2. The molecule has 0 spiro atoms. The Morgan fingerprint density at radius 1 is 1.14 bits per heavy atom. The predicted octanol–water partition coefficient (Wildman–Crippen LogP) is 2.82. The van der Waals surface area contributed by atoms with Gasteiger partial charge < -0.3 is 14.8 Å². The van der Waals surface area contributed by atoms with Crippen molar-refractivity contribution in [2.45, 2.75) is 39.5 Å². The first-order valence-electron chi connectivity index (χ1n) is 7.51. The van der Waals surface area contributed by atoms with Crippen molar-refractivity contribution in [3.63, 3.8) is 0 Å². The van der Waals surface area contributed by atoms with Gasteiger partial charge in [-0.25, -0.2) is 4.98 Å². The first kappa shape index (κ1) is 15.7. The lowest BCUT2D eigenvalue weighted by Crippen LogP contribution is -2.19. The van der Waals surface area contributed by atoms with E-state index in [2.05, 4.69) is 72.0 Å². The molecule has 114 valence electrons. The fourth-order valence-corrected chi connectivity index (χ4v) is 2.48. The van der Waals surface area contributed by atoms with Crippen molar-refractivity contribution in [1.82, 2.24) is 19.8 Å². The van der Waals surface area contributed by atoms with Gasteiger partial charge in [0.25, 0.3) is 0 Å². The maximum absolute atomic E-state index is 4.24. The lowest BCUT2D eigenvalue weighted by molar-refractivity contribution is 0.400. The molecule has 1 N–H and O–H groups in total. The van der Waals surface area contributed by atoms with Crippen LogP contribution >= 0.6 is 0 Å². The van der Waals surface area contributed by atoms with Crippen molar-refractivity contribution in [2.24, 2.45) is 0 Å². The zero-order valence-corrected chi connectivity index (χ0v) is 13.5. The van der Waals surface area contributed by atoms with Gasteiger partial charge in [-0.15, -0.1) is 0 Å². The highest BCUT2D eigenvalue weighted by Crippen LogP contribution is 2.12. The number of nitrogens with one attached hydrogen (secondary N) is 1.